The normalized spacial score (nSPS) is 11.9. The van der Waals surface area contributed by atoms with E-state index in [1.165, 1.54) is 29.2 Å². The summed E-state index contributed by atoms with van der Waals surface area (Å²) in [6.45, 7) is 5.60. The van der Waals surface area contributed by atoms with Gasteiger partial charge in [-0.25, -0.2) is 4.39 Å². The number of ketones is 1. The molecule has 1 atom stereocenters. The summed E-state index contributed by atoms with van der Waals surface area (Å²) in [4.78, 5) is 26.3. The number of benzene rings is 2. The summed E-state index contributed by atoms with van der Waals surface area (Å²) in [5.74, 6) is -0.994. The summed E-state index contributed by atoms with van der Waals surface area (Å²) in [5.41, 5.74) is 2.94. The van der Waals surface area contributed by atoms with Gasteiger partial charge in [-0.05, 0) is 56.2 Å². The first-order valence-corrected chi connectivity index (χ1v) is 7.45. The summed E-state index contributed by atoms with van der Waals surface area (Å²) in [6, 6.07) is 10.3. The van der Waals surface area contributed by atoms with Crippen LogP contribution < -0.4 is 0 Å². The van der Waals surface area contributed by atoms with Crippen LogP contribution in [0.3, 0.4) is 0 Å². The van der Waals surface area contributed by atoms with Gasteiger partial charge in [-0.3, -0.25) is 9.59 Å². The fraction of sp³-hybridized carbons (Fsp3) is 0.263. The van der Waals surface area contributed by atoms with Gasteiger partial charge in [0.1, 0.15) is 5.82 Å². The highest BCUT2D eigenvalue weighted by molar-refractivity contribution is 6.04. The van der Waals surface area contributed by atoms with Gasteiger partial charge >= 0.3 is 0 Å². The third-order valence-corrected chi connectivity index (χ3v) is 4.14. The lowest BCUT2D eigenvalue weighted by molar-refractivity contribution is 0.0674. The molecule has 0 radical (unpaired) electrons. The Bertz CT molecular complexity index is 755. The second-order valence-electron chi connectivity index (χ2n) is 5.77. The summed E-state index contributed by atoms with van der Waals surface area (Å²) >= 11 is 0. The highest BCUT2D eigenvalue weighted by atomic mass is 19.1. The Balaban J connectivity index is 2.21. The van der Waals surface area contributed by atoms with E-state index in [1.807, 2.05) is 26.0 Å². The fourth-order valence-corrected chi connectivity index (χ4v) is 2.31. The molecule has 3 nitrogen and oxygen atoms in total. The summed E-state index contributed by atoms with van der Waals surface area (Å²) in [6.07, 6.45) is 0. The molecule has 0 aliphatic carbocycles. The second kappa shape index (κ2) is 6.73. The van der Waals surface area contributed by atoms with Crippen molar-refractivity contribution in [3.05, 3.63) is 70.5 Å². The van der Waals surface area contributed by atoms with E-state index in [0.717, 1.165) is 11.1 Å². The van der Waals surface area contributed by atoms with Crippen molar-refractivity contribution >= 4 is 11.7 Å². The van der Waals surface area contributed by atoms with Crippen molar-refractivity contribution in [3.63, 3.8) is 0 Å². The topological polar surface area (TPSA) is 37.4 Å². The molecule has 23 heavy (non-hydrogen) atoms. The Morgan fingerprint density at radius 1 is 1.00 bits per heavy atom. The van der Waals surface area contributed by atoms with Gasteiger partial charge in [-0.2, -0.15) is 0 Å². The molecule has 0 N–H and O–H groups in total. The third-order valence-electron chi connectivity index (χ3n) is 4.14. The lowest BCUT2D eigenvalue weighted by Crippen LogP contribution is -2.40. The molecule has 0 fully saturated rings. The Kier molecular flexibility index (Phi) is 4.94. The van der Waals surface area contributed by atoms with E-state index in [-0.39, 0.29) is 17.3 Å². The van der Waals surface area contributed by atoms with Crippen LogP contribution in [0.1, 0.15) is 38.8 Å². The van der Waals surface area contributed by atoms with Crippen LogP contribution in [0.4, 0.5) is 4.39 Å². The van der Waals surface area contributed by atoms with Gasteiger partial charge in [-0.1, -0.05) is 18.2 Å². The number of aryl methyl sites for hydroxylation is 2. The first-order valence-electron chi connectivity index (χ1n) is 7.45. The number of carbonyl (C=O) groups excluding carboxylic acids is 2. The monoisotopic (exact) mass is 313 g/mol. The zero-order valence-corrected chi connectivity index (χ0v) is 13.8. The molecular weight excluding hydrogens is 293 g/mol. The SMILES string of the molecule is Cc1ccc(C(=O)C(C)N(C)C(=O)c2cccc(F)c2)cc1C. The molecule has 0 bridgehead atoms. The summed E-state index contributed by atoms with van der Waals surface area (Å²) in [7, 11) is 1.55. The van der Waals surface area contributed by atoms with Crippen LogP contribution in [0, 0.1) is 19.7 Å². The quantitative estimate of drug-likeness (QED) is 0.805. The van der Waals surface area contributed by atoms with E-state index in [1.54, 1.807) is 20.0 Å². The smallest absolute Gasteiger partial charge is 0.254 e. The van der Waals surface area contributed by atoms with E-state index < -0.39 is 11.9 Å². The minimum absolute atomic E-state index is 0.139. The molecule has 2 aromatic carbocycles. The lowest BCUT2D eigenvalue weighted by Gasteiger charge is -2.24. The molecule has 2 aromatic rings. The predicted molar refractivity (Wildman–Crippen MR) is 88.2 cm³/mol. The number of amides is 1. The van der Waals surface area contributed by atoms with Gasteiger partial charge in [0.2, 0.25) is 0 Å². The molecule has 0 heterocycles. The van der Waals surface area contributed by atoms with Crippen LogP contribution in [0.15, 0.2) is 42.5 Å². The highest BCUT2D eigenvalue weighted by Gasteiger charge is 2.24. The third kappa shape index (κ3) is 3.65. The van der Waals surface area contributed by atoms with Gasteiger partial charge in [0.15, 0.2) is 5.78 Å². The van der Waals surface area contributed by atoms with Crippen molar-refractivity contribution in [1.29, 1.82) is 0 Å². The minimum atomic E-state index is -0.632. The van der Waals surface area contributed by atoms with E-state index in [2.05, 4.69) is 0 Å². The van der Waals surface area contributed by atoms with Gasteiger partial charge in [0, 0.05) is 18.2 Å². The van der Waals surface area contributed by atoms with Gasteiger partial charge in [0.05, 0.1) is 6.04 Å². The number of likely N-dealkylation sites (N-methyl/N-ethyl adjacent to an activating group) is 1. The standard InChI is InChI=1S/C19H20FNO2/c1-12-8-9-15(10-13(12)2)18(22)14(3)21(4)19(23)16-6-5-7-17(20)11-16/h5-11,14H,1-4H3. The second-order valence-corrected chi connectivity index (χ2v) is 5.77. The molecule has 0 aliphatic rings. The van der Waals surface area contributed by atoms with Crippen molar-refractivity contribution in [2.24, 2.45) is 0 Å². The fourth-order valence-electron chi connectivity index (χ4n) is 2.31. The van der Waals surface area contributed by atoms with Crippen LogP contribution in [0.5, 0.6) is 0 Å². The number of Topliss-reactive ketones (excluding diaryl/α,β-unsaturated/α-hetero) is 1. The maximum atomic E-state index is 13.3. The molecular formula is C19H20FNO2. The maximum Gasteiger partial charge on any atom is 0.254 e. The first-order chi connectivity index (χ1) is 10.8. The largest absolute Gasteiger partial charge is 0.332 e. The number of hydrogen-bond donors (Lipinski definition) is 0. The zero-order chi connectivity index (χ0) is 17.1. The van der Waals surface area contributed by atoms with Crippen LogP contribution in [0.25, 0.3) is 0 Å². The van der Waals surface area contributed by atoms with Crippen molar-refractivity contribution in [2.45, 2.75) is 26.8 Å². The van der Waals surface area contributed by atoms with Crippen molar-refractivity contribution in [3.8, 4) is 0 Å². The van der Waals surface area contributed by atoms with E-state index in [4.69, 9.17) is 0 Å². The Morgan fingerprint density at radius 2 is 1.70 bits per heavy atom. The van der Waals surface area contributed by atoms with E-state index in [0.29, 0.717) is 5.56 Å². The number of rotatable bonds is 4. The van der Waals surface area contributed by atoms with Crippen LogP contribution in [-0.4, -0.2) is 29.7 Å². The van der Waals surface area contributed by atoms with Gasteiger partial charge in [0.25, 0.3) is 5.91 Å². The number of carbonyl (C=O) groups is 2. The van der Waals surface area contributed by atoms with Gasteiger partial charge in [-0.15, -0.1) is 0 Å². The number of hydrogen-bond acceptors (Lipinski definition) is 2. The molecule has 0 saturated heterocycles. The average Bonchev–Trinajstić information content (AvgIpc) is 2.54. The van der Waals surface area contributed by atoms with Gasteiger partial charge < -0.3 is 4.90 Å². The maximum absolute atomic E-state index is 13.3. The molecule has 0 aromatic heterocycles. The van der Waals surface area contributed by atoms with E-state index in [9.17, 15) is 14.0 Å². The van der Waals surface area contributed by atoms with Crippen molar-refractivity contribution in [1.82, 2.24) is 4.90 Å². The first kappa shape index (κ1) is 16.9. The average molecular weight is 313 g/mol. The molecule has 0 spiro atoms. The lowest BCUT2D eigenvalue weighted by atomic mass is 9.99. The molecule has 2 rings (SSSR count). The number of halogens is 1. The summed E-state index contributed by atoms with van der Waals surface area (Å²) in [5, 5.41) is 0. The van der Waals surface area contributed by atoms with Crippen LogP contribution >= 0.6 is 0 Å². The molecule has 1 amide bonds. The molecule has 1 unspecified atom stereocenters. The minimum Gasteiger partial charge on any atom is -0.332 e. The summed E-state index contributed by atoms with van der Waals surface area (Å²) < 4.78 is 13.3. The molecule has 0 aliphatic heterocycles. The van der Waals surface area contributed by atoms with Crippen molar-refractivity contribution < 1.29 is 14.0 Å². The zero-order valence-electron chi connectivity index (χ0n) is 13.8. The molecule has 4 heteroatoms. The highest BCUT2D eigenvalue weighted by Crippen LogP contribution is 2.15. The van der Waals surface area contributed by atoms with Crippen LogP contribution in [0.2, 0.25) is 0 Å². The van der Waals surface area contributed by atoms with E-state index >= 15 is 0 Å². The number of nitrogens with zero attached hydrogens (tertiary/aromatic N) is 1. The van der Waals surface area contributed by atoms with Crippen LogP contribution in [-0.2, 0) is 0 Å². The van der Waals surface area contributed by atoms with Crippen molar-refractivity contribution in [2.75, 3.05) is 7.05 Å². The molecule has 120 valence electrons. The Labute approximate surface area is 135 Å². The Morgan fingerprint density at radius 3 is 2.30 bits per heavy atom. The molecule has 0 saturated carbocycles. The Hall–Kier alpha value is -2.49. The predicted octanol–water partition coefficient (Wildman–Crippen LogP) is 3.79.